The van der Waals surface area contributed by atoms with Crippen LogP contribution < -0.4 is 0 Å². The molecule has 0 bridgehead atoms. The first-order valence-corrected chi connectivity index (χ1v) is 6.42. The quantitative estimate of drug-likeness (QED) is 0.621. The molecule has 0 amide bonds. The number of esters is 2. The molecule has 1 aliphatic rings. The lowest BCUT2D eigenvalue weighted by Crippen LogP contribution is -2.46. The van der Waals surface area contributed by atoms with Crippen LogP contribution in [-0.2, 0) is 30.2 Å². The number of hydrogen-bond acceptors (Lipinski definition) is 5. The Morgan fingerprint density at radius 2 is 1.80 bits per heavy atom. The predicted octanol–water partition coefficient (Wildman–Crippen LogP) is 1.65. The maximum absolute atomic E-state index is 12.1. The van der Waals surface area contributed by atoms with Crippen molar-refractivity contribution in [3.8, 4) is 0 Å². The van der Waals surface area contributed by atoms with Crippen LogP contribution in [0.4, 0.5) is 0 Å². The van der Waals surface area contributed by atoms with E-state index in [-0.39, 0.29) is 0 Å². The van der Waals surface area contributed by atoms with Crippen LogP contribution >= 0.6 is 0 Å². The minimum atomic E-state index is -1.51. The summed E-state index contributed by atoms with van der Waals surface area (Å²) in [6.45, 7) is 1.95. The summed E-state index contributed by atoms with van der Waals surface area (Å²) in [5, 5.41) is 0. The fraction of sp³-hybridized carbons (Fsp3) is 0.467. The van der Waals surface area contributed by atoms with Gasteiger partial charge in [-0.3, -0.25) is 9.59 Å². The first kappa shape index (κ1) is 14.5. The van der Waals surface area contributed by atoms with Crippen LogP contribution in [0.15, 0.2) is 24.3 Å². The van der Waals surface area contributed by atoms with Gasteiger partial charge in [-0.25, -0.2) is 0 Å². The monoisotopic (exact) mass is 278 g/mol. The van der Waals surface area contributed by atoms with Gasteiger partial charge in [0.05, 0.1) is 20.8 Å². The van der Waals surface area contributed by atoms with Crippen molar-refractivity contribution in [3.63, 3.8) is 0 Å². The number of ether oxygens (including phenoxy) is 3. The second-order valence-corrected chi connectivity index (χ2v) is 4.89. The Hall–Kier alpha value is -1.88. The van der Waals surface area contributed by atoms with Crippen LogP contribution in [0.2, 0.25) is 0 Å². The molecule has 1 unspecified atom stereocenters. The average molecular weight is 278 g/mol. The zero-order valence-corrected chi connectivity index (χ0v) is 11.8. The zero-order chi connectivity index (χ0) is 14.8. The number of methoxy groups -OCH3 is 2. The Morgan fingerprint density at radius 1 is 1.20 bits per heavy atom. The van der Waals surface area contributed by atoms with Crippen molar-refractivity contribution >= 4 is 11.9 Å². The highest BCUT2D eigenvalue weighted by molar-refractivity contribution is 6.00. The van der Waals surface area contributed by atoms with Crippen LogP contribution in [0.25, 0.3) is 0 Å². The van der Waals surface area contributed by atoms with Gasteiger partial charge in [0.25, 0.3) is 0 Å². The maximum atomic E-state index is 12.1. The minimum absolute atomic E-state index is 0.450. The van der Waals surface area contributed by atoms with E-state index in [0.717, 1.165) is 17.5 Å². The lowest BCUT2D eigenvalue weighted by atomic mass is 9.77. The second kappa shape index (κ2) is 5.63. The van der Waals surface area contributed by atoms with E-state index in [1.807, 2.05) is 24.3 Å². The van der Waals surface area contributed by atoms with Crippen LogP contribution in [0.5, 0.6) is 0 Å². The molecule has 1 atom stereocenters. The van der Waals surface area contributed by atoms with Gasteiger partial charge in [-0.15, -0.1) is 0 Å². The fourth-order valence-electron chi connectivity index (χ4n) is 2.59. The van der Waals surface area contributed by atoms with Crippen molar-refractivity contribution in [1.29, 1.82) is 0 Å². The summed E-state index contributed by atoms with van der Waals surface area (Å²) in [6.07, 6.45) is 0.0535. The van der Waals surface area contributed by atoms with E-state index < -0.39 is 23.5 Å². The third kappa shape index (κ3) is 2.18. The molecule has 108 valence electrons. The molecule has 0 N–H and O–H groups in total. The summed E-state index contributed by atoms with van der Waals surface area (Å²) in [5.41, 5.74) is 0.389. The highest BCUT2D eigenvalue weighted by Gasteiger charge is 2.53. The van der Waals surface area contributed by atoms with Crippen LogP contribution in [0.3, 0.4) is 0 Å². The highest BCUT2D eigenvalue weighted by atomic mass is 16.6. The molecule has 1 aromatic carbocycles. The van der Waals surface area contributed by atoms with Gasteiger partial charge in [-0.1, -0.05) is 24.3 Å². The molecule has 2 rings (SSSR count). The Bertz CT molecular complexity index is 507. The first-order chi connectivity index (χ1) is 9.55. The summed E-state index contributed by atoms with van der Waals surface area (Å²) in [7, 11) is 2.50. The van der Waals surface area contributed by atoms with Crippen LogP contribution in [0, 0.1) is 5.41 Å². The van der Waals surface area contributed by atoms with E-state index >= 15 is 0 Å². The fourth-order valence-corrected chi connectivity index (χ4v) is 2.59. The molecule has 1 aliphatic heterocycles. The normalized spacial score (nSPS) is 18.1. The molecule has 0 radical (unpaired) electrons. The Kier molecular flexibility index (Phi) is 4.09. The number of fused-ring (bicyclic) bond motifs is 1. The SMILES string of the molecule is COC(=O)C(C)(C(=O)OC)C1OCCc2ccccc21. The number of hydrogen-bond donors (Lipinski definition) is 0. The number of rotatable bonds is 3. The summed E-state index contributed by atoms with van der Waals surface area (Å²) in [5.74, 6) is -1.32. The topological polar surface area (TPSA) is 61.8 Å². The molecular formula is C15H18O5. The molecule has 5 heteroatoms. The van der Waals surface area contributed by atoms with Crippen molar-refractivity contribution in [2.75, 3.05) is 20.8 Å². The number of carbonyl (C=O) groups excluding carboxylic acids is 2. The number of benzene rings is 1. The van der Waals surface area contributed by atoms with Gasteiger partial charge in [0.1, 0.15) is 6.10 Å². The molecule has 0 fully saturated rings. The van der Waals surface area contributed by atoms with Crippen molar-refractivity contribution in [2.24, 2.45) is 5.41 Å². The third-order valence-corrected chi connectivity index (χ3v) is 3.74. The molecule has 5 nitrogen and oxygen atoms in total. The molecule has 0 saturated carbocycles. The highest BCUT2D eigenvalue weighted by Crippen LogP contribution is 2.42. The summed E-state index contributed by atoms with van der Waals surface area (Å²) in [4.78, 5) is 24.3. The van der Waals surface area contributed by atoms with E-state index in [2.05, 4.69) is 0 Å². The third-order valence-electron chi connectivity index (χ3n) is 3.74. The molecule has 0 saturated heterocycles. The Morgan fingerprint density at radius 3 is 2.40 bits per heavy atom. The van der Waals surface area contributed by atoms with Gasteiger partial charge in [-0.05, 0) is 24.5 Å². The zero-order valence-electron chi connectivity index (χ0n) is 11.8. The van der Waals surface area contributed by atoms with Gasteiger partial charge in [0, 0.05) is 0 Å². The van der Waals surface area contributed by atoms with Gasteiger partial charge in [0.2, 0.25) is 0 Å². The molecular weight excluding hydrogens is 260 g/mol. The predicted molar refractivity (Wildman–Crippen MR) is 71.0 cm³/mol. The van der Waals surface area contributed by atoms with Gasteiger partial charge < -0.3 is 14.2 Å². The maximum Gasteiger partial charge on any atom is 0.326 e. The number of carbonyl (C=O) groups is 2. The molecule has 0 aromatic heterocycles. The van der Waals surface area contributed by atoms with Crippen molar-refractivity contribution in [3.05, 3.63) is 35.4 Å². The molecule has 1 aromatic rings. The Balaban J connectivity index is 2.51. The van der Waals surface area contributed by atoms with Gasteiger partial charge in [0.15, 0.2) is 5.41 Å². The second-order valence-electron chi connectivity index (χ2n) is 4.89. The molecule has 1 heterocycles. The van der Waals surface area contributed by atoms with E-state index in [1.165, 1.54) is 21.1 Å². The largest absolute Gasteiger partial charge is 0.468 e. The van der Waals surface area contributed by atoms with E-state index in [0.29, 0.717) is 6.61 Å². The summed E-state index contributed by atoms with van der Waals surface area (Å²) >= 11 is 0. The summed E-state index contributed by atoms with van der Waals surface area (Å²) in [6, 6.07) is 7.62. The average Bonchev–Trinajstić information content (AvgIpc) is 2.51. The first-order valence-electron chi connectivity index (χ1n) is 6.42. The summed E-state index contributed by atoms with van der Waals surface area (Å²) < 4.78 is 15.3. The molecule has 0 spiro atoms. The smallest absolute Gasteiger partial charge is 0.326 e. The lowest BCUT2D eigenvalue weighted by molar-refractivity contribution is -0.181. The van der Waals surface area contributed by atoms with Crippen LogP contribution in [-0.4, -0.2) is 32.8 Å². The Labute approximate surface area is 117 Å². The van der Waals surface area contributed by atoms with Crippen molar-refractivity contribution in [2.45, 2.75) is 19.4 Å². The van der Waals surface area contributed by atoms with E-state index in [1.54, 1.807) is 0 Å². The molecule has 20 heavy (non-hydrogen) atoms. The van der Waals surface area contributed by atoms with Gasteiger partial charge in [-0.2, -0.15) is 0 Å². The van der Waals surface area contributed by atoms with Crippen LogP contribution in [0.1, 0.15) is 24.2 Å². The molecule has 0 aliphatic carbocycles. The van der Waals surface area contributed by atoms with E-state index in [9.17, 15) is 9.59 Å². The van der Waals surface area contributed by atoms with Gasteiger partial charge >= 0.3 is 11.9 Å². The van der Waals surface area contributed by atoms with Crippen molar-refractivity contribution < 1.29 is 23.8 Å². The standard InChI is InChI=1S/C15H18O5/c1-15(13(16)18-2,14(17)19-3)12-11-7-5-4-6-10(11)8-9-20-12/h4-7,12H,8-9H2,1-3H3. The lowest BCUT2D eigenvalue weighted by Gasteiger charge is -2.36. The minimum Gasteiger partial charge on any atom is -0.468 e. The van der Waals surface area contributed by atoms with Crippen molar-refractivity contribution in [1.82, 2.24) is 0 Å². The van der Waals surface area contributed by atoms with E-state index in [4.69, 9.17) is 14.2 Å².